The topological polar surface area (TPSA) is 49.4 Å². The first-order valence-electron chi connectivity index (χ1n) is 10.3. The summed E-state index contributed by atoms with van der Waals surface area (Å²) in [6.45, 7) is 1.60. The van der Waals surface area contributed by atoms with Crippen molar-refractivity contribution in [2.24, 2.45) is 11.3 Å². The molecule has 1 saturated heterocycles. The zero-order valence-corrected chi connectivity index (χ0v) is 15.6. The number of piperidine rings is 1. The van der Waals surface area contributed by atoms with Gasteiger partial charge in [0.25, 0.3) is 0 Å². The second kappa shape index (κ2) is 7.42. The molecule has 0 aromatic heterocycles. The molecule has 0 radical (unpaired) electrons. The van der Waals surface area contributed by atoms with Crippen LogP contribution in [0.3, 0.4) is 0 Å². The van der Waals surface area contributed by atoms with Crippen molar-refractivity contribution in [2.75, 3.05) is 13.1 Å². The van der Waals surface area contributed by atoms with Crippen LogP contribution in [0.15, 0.2) is 30.3 Å². The molecule has 4 heteroatoms. The highest BCUT2D eigenvalue weighted by molar-refractivity contribution is 6.08. The first-order valence-corrected chi connectivity index (χ1v) is 10.3. The van der Waals surface area contributed by atoms with Crippen LogP contribution in [0, 0.1) is 11.3 Å². The van der Waals surface area contributed by atoms with E-state index in [1.807, 2.05) is 4.90 Å². The van der Waals surface area contributed by atoms with Crippen LogP contribution in [0.2, 0.25) is 0 Å². The Kier molecular flexibility index (Phi) is 5.01. The fraction of sp³-hybridized carbons (Fsp3) is 0.636. The Morgan fingerprint density at radius 3 is 2.27 bits per heavy atom. The van der Waals surface area contributed by atoms with Crippen LogP contribution in [-0.2, 0) is 16.0 Å². The lowest BCUT2D eigenvalue weighted by atomic mass is 9.89. The molecule has 2 saturated carbocycles. The van der Waals surface area contributed by atoms with E-state index in [1.165, 1.54) is 18.4 Å². The minimum Gasteiger partial charge on any atom is -0.352 e. The van der Waals surface area contributed by atoms with E-state index in [2.05, 4.69) is 35.6 Å². The molecular weight excluding hydrogens is 324 g/mol. The number of benzene rings is 1. The van der Waals surface area contributed by atoms with Crippen LogP contribution in [-0.4, -0.2) is 35.8 Å². The third kappa shape index (κ3) is 3.65. The van der Waals surface area contributed by atoms with Crippen LogP contribution in [0.5, 0.6) is 0 Å². The number of carbonyl (C=O) groups is 2. The highest BCUT2D eigenvalue weighted by atomic mass is 16.2. The van der Waals surface area contributed by atoms with E-state index < -0.39 is 5.41 Å². The average molecular weight is 354 g/mol. The van der Waals surface area contributed by atoms with Gasteiger partial charge in [0.05, 0.1) is 0 Å². The van der Waals surface area contributed by atoms with E-state index in [0.717, 1.165) is 58.0 Å². The van der Waals surface area contributed by atoms with Crippen LogP contribution in [0.25, 0.3) is 0 Å². The molecule has 1 aromatic rings. The summed E-state index contributed by atoms with van der Waals surface area (Å²) in [5, 5.41) is 3.16. The maximum absolute atomic E-state index is 13.0. The monoisotopic (exact) mass is 354 g/mol. The van der Waals surface area contributed by atoms with E-state index in [1.54, 1.807) is 0 Å². The molecular formula is C22H30N2O2. The number of hydrogen-bond donors (Lipinski definition) is 1. The van der Waals surface area contributed by atoms with E-state index in [9.17, 15) is 9.59 Å². The van der Waals surface area contributed by atoms with Gasteiger partial charge in [-0.15, -0.1) is 0 Å². The lowest BCUT2D eigenvalue weighted by Gasteiger charge is -2.34. The molecule has 2 amide bonds. The zero-order valence-electron chi connectivity index (χ0n) is 15.6. The van der Waals surface area contributed by atoms with Gasteiger partial charge in [0.1, 0.15) is 5.41 Å². The zero-order chi connectivity index (χ0) is 18.0. The summed E-state index contributed by atoms with van der Waals surface area (Å²) in [6.07, 6.45) is 9.17. The fourth-order valence-corrected chi connectivity index (χ4v) is 4.65. The Bertz CT molecular complexity index is 639. The van der Waals surface area contributed by atoms with E-state index in [4.69, 9.17) is 0 Å². The molecule has 0 bridgehead atoms. The minimum absolute atomic E-state index is 0.000749. The molecule has 1 aliphatic heterocycles. The van der Waals surface area contributed by atoms with Gasteiger partial charge in [-0.05, 0) is 56.4 Å². The Labute approximate surface area is 156 Å². The summed E-state index contributed by atoms with van der Waals surface area (Å²) < 4.78 is 0. The van der Waals surface area contributed by atoms with Crippen LogP contribution < -0.4 is 5.32 Å². The second-order valence-electron chi connectivity index (χ2n) is 8.46. The average Bonchev–Trinajstić information content (AvgIpc) is 3.34. The van der Waals surface area contributed by atoms with Gasteiger partial charge in [0.2, 0.25) is 11.8 Å². The van der Waals surface area contributed by atoms with Crippen LogP contribution >= 0.6 is 0 Å². The largest absolute Gasteiger partial charge is 0.352 e. The van der Waals surface area contributed by atoms with E-state index in [0.29, 0.717) is 12.0 Å². The van der Waals surface area contributed by atoms with Gasteiger partial charge in [-0.25, -0.2) is 0 Å². The molecule has 4 rings (SSSR count). The number of amides is 2. The van der Waals surface area contributed by atoms with Crippen molar-refractivity contribution in [3.05, 3.63) is 35.9 Å². The van der Waals surface area contributed by atoms with Gasteiger partial charge in [-0.2, -0.15) is 0 Å². The van der Waals surface area contributed by atoms with Gasteiger partial charge in [0.15, 0.2) is 0 Å². The van der Waals surface area contributed by atoms with Gasteiger partial charge in [0, 0.05) is 19.1 Å². The Balaban J connectivity index is 1.29. The fourth-order valence-electron chi connectivity index (χ4n) is 4.65. The molecule has 2 aliphatic carbocycles. The van der Waals surface area contributed by atoms with Crippen molar-refractivity contribution in [1.29, 1.82) is 0 Å². The molecule has 0 unspecified atom stereocenters. The SMILES string of the molecule is O=C(NC1CCCC1)C1(C(=O)N2CCC(Cc3ccccc3)CC2)CC1. The minimum atomic E-state index is -0.727. The van der Waals surface area contributed by atoms with E-state index in [-0.39, 0.29) is 11.8 Å². The van der Waals surface area contributed by atoms with Gasteiger partial charge in [-0.3, -0.25) is 9.59 Å². The number of hydrogen-bond acceptors (Lipinski definition) is 2. The summed E-state index contributed by atoms with van der Waals surface area (Å²) in [6, 6.07) is 10.9. The second-order valence-corrected chi connectivity index (χ2v) is 8.46. The molecule has 1 N–H and O–H groups in total. The molecule has 1 aromatic carbocycles. The molecule has 140 valence electrons. The molecule has 0 atom stereocenters. The van der Waals surface area contributed by atoms with Crippen molar-refractivity contribution in [1.82, 2.24) is 10.2 Å². The summed E-state index contributed by atoms with van der Waals surface area (Å²) in [7, 11) is 0. The van der Waals surface area contributed by atoms with Crippen LogP contribution in [0.4, 0.5) is 0 Å². The first kappa shape index (κ1) is 17.6. The van der Waals surface area contributed by atoms with Crippen molar-refractivity contribution in [2.45, 2.75) is 63.8 Å². The third-order valence-electron chi connectivity index (χ3n) is 6.55. The standard InChI is InChI=1S/C22H30N2O2/c25-20(23-19-8-4-5-9-19)22(12-13-22)21(26)24-14-10-18(11-15-24)16-17-6-2-1-3-7-17/h1-3,6-7,18-19H,4-5,8-16H2,(H,23,25). The molecule has 4 nitrogen and oxygen atoms in total. The quantitative estimate of drug-likeness (QED) is 0.825. The highest BCUT2D eigenvalue weighted by Gasteiger charge is 2.58. The molecule has 3 fully saturated rings. The predicted octanol–water partition coefficient (Wildman–Crippen LogP) is 3.31. The third-order valence-corrected chi connectivity index (χ3v) is 6.55. The summed E-state index contributed by atoms with van der Waals surface area (Å²) >= 11 is 0. The van der Waals surface area contributed by atoms with Gasteiger partial charge < -0.3 is 10.2 Å². The van der Waals surface area contributed by atoms with Gasteiger partial charge >= 0.3 is 0 Å². The number of likely N-dealkylation sites (tertiary alicyclic amines) is 1. The Morgan fingerprint density at radius 1 is 1.00 bits per heavy atom. The Hall–Kier alpha value is -1.84. The number of nitrogens with zero attached hydrogens (tertiary/aromatic N) is 1. The Morgan fingerprint density at radius 2 is 1.65 bits per heavy atom. The molecule has 0 spiro atoms. The lowest BCUT2D eigenvalue weighted by Crippen LogP contribution is -2.49. The lowest BCUT2D eigenvalue weighted by molar-refractivity contribution is -0.145. The van der Waals surface area contributed by atoms with Crippen molar-refractivity contribution in [3.8, 4) is 0 Å². The van der Waals surface area contributed by atoms with Gasteiger partial charge in [-0.1, -0.05) is 43.2 Å². The number of nitrogens with one attached hydrogen (secondary N) is 1. The molecule has 26 heavy (non-hydrogen) atoms. The van der Waals surface area contributed by atoms with Crippen molar-refractivity contribution >= 4 is 11.8 Å². The van der Waals surface area contributed by atoms with Crippen molar-refractivity contribution < 1.29 is 9.59 Å². The highest BCUT2D eigenvalue weighted by Crippen LogP contribution is 2.48. The smallest absolute Gasteiger partial charge is 0.238 e. The number of carbonyl (C=O) groups excluding carboxylic acids is 2. The molecule has 1 heterocycles. The summed E-state index contributed by atoms with van der Waals surface area (Å²) in [5.41, 5.74) is 0.654. The van der Waals surface area contributed by atoms with E-state index >= 15 is 0 Å². The summed E-state index contributed by atoms with van der Waals surface area (Å²) in [4.78, 5) is 27.7. The molecule has 3 aliphatic rings. The first-order chi connectivity index (χ1) is 12.7. The van der Waals surface area contributed by atoms with Crippen LogP contribution in [0.1, 0.15) is 56.9 Å². The van der Waals surface area contributed by atoms with Crippen molar-refractivity contribution in [3.63, 3.8) is 0 Å². The maximum Gasteiger partial charge on any atom is 0.238 e. The predicted molar refractivity (Wildman–Crippen MR) is 102 cm³/mol. The maximum atomic E-state index is 13.0. The normalized spacial score (nSPS) is 23.0. The summed E-state index contributed by atoms with van der Waals surface area (Å²) in [5.74, 6) is 0.732. The number of rotatable bonds is 5.